The predicted octanol–water partition coefficient (Wildman–Crippen LogP) is 5.17. The van der Waals surface area contributed by atoms with Crippen molar-refractivity contribution >= 4 is 28.2 Å². The lowest BCUT2D eigenvalue weighted by atomic mass is 9.99. The highest BCUT2D eigenvalue weighted by Gasteiger charge is 2.15. The molecule has 0 N–H and O–H groups in total. The van der Waals surface area contributed by atoms with Gasteiger partial charge in [-0.05, 0) is 50.5 Å². The number of aryl methyl sites for hydroxylation is 1. The van der Waals surface area contributed by atoms with Crippen LogP contribution in [0.4, 0.5) is 5.69 Å². The van der Waals surface area contributed by atoms with Crippen LogP contribution in [0.5, 0.6) is 0 Å². The first-order chi connectivity index (χ1) is 9.49. The normalized spacial score (nSPS) is 11.3. The number of pyridine rings is 1. The van der Waals surface area contributed by atoms with Crippen molar-refractivity contribution in [3.05, 3.63) is 34.5 Å². The van der Waals surface area contributed by atoms with E-state index in [9.17, 15) is 0 Å². The maximum Gasteiger partial charge on any atom is 0.0721 e. The molecule has 1 aromatic heterocycles. The maximum atomic E-state index is 6.65. The summed E-state index contributed by atoms with van der Waals surface area (Å²) in [6.07, 6.45) is 0. The van der Waals surface area contributed by atoms with E-state index in [2.05, 4.69) is 50.8 Å². The summed E-state index contributed by atoms with van der Waals surface area (Å²) in [4.78, 5) is 7.03. The number of aromatic nitrogens is 1. The Kier molecular flexibility index (Phi) is 4.54. The van der Waals surface area contributed by atoms with Crippen molar-refractivity contribution in [3.8, 4) is 0 Å². The van der Waals surface area contributed by atoms with Gasteiger partial charge >= 0.3 is 0 Å². The second-order valence-corrected chi connectivity index (χ2v) is 5.83. The minimum Gasteiger partial charge on any atom is -0.372 e. The monoisotopic (exact) mass is 290 g/mol. The van der Waals surface area contributed by atoms with E-state index in [1.165, 1.54) is 5.69 Å². The van der Waals surface area contributed by atoms with Gasteiger partial charge in [0, 0.05) is 29.9 Å². The van der Waals surface area contributed by atoms with Crippen molar-refractivity contribution in [2.45, 2.75) is 40.5 Å². The zero-order valence-electron chi connectivity index (χ0n) is 13.0. The van der Waals surface area contributed by atoms with Gasteiger partial charge in [0.1, 0.15) is 0 Å². The Morgan fingerprint density at radius 1 is 1.20 bits per heavy atom. The lowest BCUT2D eigenvalue weighted by Gasteiger charge is -2.22. The van der Waals surface area contributed by atoms with Gasteiger partial charge in [0.25, 0.3) is 0 Å². The molecule has 20 heavy (non-hydrogen) atoms. The van der Waals surface area contributed by atoms with Crippen molar-refractivity contribution in [1.29, 1.82) is 0 Å². The smallest absolute Gasteiger partial charge is 0.0721 e. The first-order valence-corrected chi connectivity index (χ1v) is 7.72. The highest BCUT2D eigenvalue weighted by atomic mass is 35.5. The summed E-state index contributed by atoms with van der Waals surface area (Å²) in [5.41, 5.74) is 4.39. The third-order valence-electron chi connectivity index (χ3n) is 3.84. The number of anilines is 1. The van der Waals surface area contributed by atoms with Crippen molar-refractivity contribution in [1.82, 2.24) is 4.98 Å². The molecular weight excluding hydrogens is 268 g/mol. The molecule has 2 nitrogen and oxygen atoms in total. The summed E-state index contributed by atoms with van der Waals surface area (Å²) in [5, 5.41) is 1.92. The van der Waals surface area contributed by atoms with Gasteiger partial charge in [0.05, 0.1) is 10.5 Å². The molecule has 0 atom stereocenters. The molecule has 0 amide bonds. The van der Waals surface area contributed by atoms with Crippen LogP contribution in [0.1, 0.15) is 44.9 Å². The first-order valence-electron chi connectivity index (χ1n) is 7.34. The highest BCUT2D eigenvalue weighted by molar-refractivity contribution is 6.36. The molecule has 1 aromatic carbocycles. The average molecular weight is 291 g/mol. The van der Waals surface area contributed by atoms with Crippen molar-refractivity contribution < 1.29 is 0 Å². The molecule has 0 saturated heterocycles. The first kappa shape index (κ1) is 15.1. The molecule has 1 heterocycles. The fourth-order valence-electron chi connectivity index (χ4n) is 2.80. The van der Waals surface area contributed by atoms with E-state index in [-0.39, 0.29) is 0 Å². The van der Waals surface area contributed by atoms with E-state index in [1.54, 1.807) is 0 Å². The zero-order chi connectivity index (χ0) is 14.9. The Morgan fingerprint density at radius 2 is 1.85 bits per heavy atom. The van der Waals surface area contributed by atoms with Crippen molar-refractivity contribution in [2.75, 3.05) is 18.0 Å². The van der Waals surface area contributed by atoms with Gasteiger partial charge in [-0.2, -0.15) is 0 Å². The number of hydrogen-bond acceptors (Lipinski definition) is 2. The molecule has 2 aromatic rings. The SMILES string of the molecule is CCN(CC)c1ccc2nc(C)c(C(C)C)c(Cl)c2c1. The quantitative estimate of drug-likeness (QED) is 0.772. The van der Waals surface area contributed by atoms with Crippen LogP contribution in [0.25, 0.3) is 10.9 Å². The van der Waals surface area contributed by atoms with Crippen LogP contribution >= 0.6 is 11.6 Å². The molecule has 0 aliphatic heterocycles. The van der Waals surface area contributed by atoms with Gasteiger partial charge < -0.3 is 4.90 Å². The lowest BCUT2D eigenvalue weighted by Crippen LogP contribution is -2.21. The summed E-state index contributed by atoms with van der Waals surface area (Å²) < 4.78 is 0. The van der Waals surface area contributed by atoms with E-state index >= 15 is 0 Å². The highest BCUT2D eigenvalue weighted by Crippen LogP contribution is 2.34. The van der Waals surface area contributed by atoms with Gasteiger partial charge in [0.15, 0.2) is 0 Å². The Hall–Kier alpha value is -1.28. The lowest BCUT2D eigenvalue weighted by molar-refractivity contribution is 0.847. The topological polar surface area (TPSA) is 16.1 Å². The molecule has 0 aliphatic rings. The summed E-state index contributed by atoms with van der Waals surface area (Å²) in [6, 6.07) is 6.38. The fraction of sp³-hybridized carbons (Fsp3) is 0.471. The van der Waals surface area contributed by atoms with Crippen LogP contribution in [0.15, 0.2) is 18.2 Å². The van der Waals surface area contributed by atoms with Crippen LogP contribution in [0, 0.1) is 6.92 Å². The third-order valence-corrected chi connectivity index (χ3v) is 4.24. The van der Waals surface area contributed by atoms with Crippen molar-refractivity contribution in [2.24, 2.45) is 0 Å². The molecule has 2 rings (SSSR count). The van der Waals surface area contributed by atoms with E-state index < -0.39 is 0 Å². The number of hydrogen-bond donors (Lipinski definition) is 0. The second kappa shape index (κ2) is 6.01. The minimum absolute atomic E-state index is 0.386. The molecule has 0 aliphatic carbocycles. The van der Waals surface area contributed by atoms with E-state index in [4.69, 9.17) is 16.6 Å². The Balaban J connectivity index is 2.67. The zero-order valence-corrected chi connectivity index (χ0v) is 13.8. The number of benzene rings is 1. The Morgan fingerprint density at radius 3 is 2.40 bits per heavy atom. The van der Waals surface area contributed by atoms with Crippen LogP contribution in [-0.2, 0) is 0 Å². The number of rotatable bonds is 4. The Bertz CT molecular complexity index is 616. The second-order valence-electron chi connectivity index (χ2n) is 5.45. The van der Waals surface area contributed by atoms with E-state index in [0.717, 1.165) is 40.3 Å². The summed E-state index contributed by atoms with van der Waals surface area (Å²) in [5.74, 6) is 0.386. The predicted molar refractivity (Wildman–Crippen MR) is 89.1 cm³/mol. The van der Waals surface area contributed by atoms with Crippen LogP contribution in [-0.4, -0.2) is 18.1 Å². The van der Waals surface area contributed by atoms with Gasteiger partial charge in [-0.3, -0.25) is 4.98 Å². The third kappa shape index (κ3) is 2.62. The molecule has 0 bridgehead atoms. The molecule has 0 saturated carbocycles. The Labute approximate surface area is 126 Å². The molecular formula is C17H23ClN2. The summed E-state index contributed by atoms with van der Waals surface area (Å²) in [6.45, 7) is 12.7. The molecule has 108 valence electrons. The maximum absolute atomic E-state index is 6.65. The number of fused-ring (bicyclic) bond motifs is 1. The van der Waals surface area contributed by atoms with Gasteiger partial charge in [-0.25, -0.2) is 0 Å². The molecule has 0 fully saturated rings. The van der Waals surface area contributed by atoms with E-state index in [0.29, 0.717) is 5.92 Å². The molecule has 0 radical (unpaired) electrons. The summed E-state index contributed by atoms with van der Waals surface area (Å²) >= 11 is 6.65. The van der Waals surface area contributed by atoms with Gasteiger partial charge in [-0.15, -0.1) is 0 Å². The molecule has 0 unspecified atom stereocenters. The fourth-order valence-corrected chi connectivity index (χ4v) is 3.31. The number of nitrogens with zero attached hydrogens (tertiary/aromatic N) is 2. The summed E-state index contributed by atoms with van der Waals surface area (Å²) in [7, 11) is 0. The van der Waals surface area contributed by atoms with Crippen LogP contribution in [0.2, 0.25) is 5.02 Å². The van der Waals surface area contributed by atoms with Crippen LogP contribution < -0.4 is 4.90 Å². The average Bonchev–Trinajstić information content (AvgIpc) is 2.40. The van der Waals surface area contributed by atoms with Crippen molar-refractivity contribution in [3.63, 3.8) is 0 Å². The van der Waals surface area contributed by atoms with E-state index in [1.807, 2.05) is 6.92 Å². The minimum atomic E-state index is 0.386. The standard InChI is InChI=1S/C17H23ClN2/c1-6-20(7-2)13-8-9-15-14(10-13)17(18)16(11(3)4)12(5)19-15/h8-11H,6-7H2,1-5H3. The molecule has 3 heteroatoms. The van der Waals surface area contributed by atoms with Gasteiger partial charge in [0.2, 0.25) is 0 Å². The van der Waals surface area contributed by atoms with Gasteiger partial charge in [-0.1, -0.05) is 25.4 Å². The largest absolute Gasteiger partial charge is 0.372 e. The number of halogens is 1. The molecule has 0 spiro atoms. The van der Waals surface area contributed by atoms with Crippen LogP contribution in [0.3, 0.4) is 0 Å².